The van der Waals surface area contributed by atoms with Crippen molar-refractivity contribution in [3.05, 3.63) is 0 Å². The van der Waals surface area contributed by atoms with Gasteiger partial charge in [-0.1, -0.05) is 13.3 Å². The molecule has 0 spiro atoms. The van der Waals surface area contributed by atoms with E-state index in [1.54, 1.807) is 0 Å². The van der Waals surface area contributed by atoms with E-state index in [1.165, 1.54) is 39.5 Å². The maximum Gasteiger partial charge on any atom is 0.325 e. The van der Waals surface area contributed by atoms with Crippen molar-refractivity contribution in [2.24, 2.45) is 0 Å². The first-order chi connectivity index (χ1) is 8.62. The van der Waals surface area contributed by atoms with Crippen molar-refractivity contribution >= 4 is 5.97 Å². The minimum Gasteiger partial charge on any atom is -0.468 e. The van der Waals surface area contributed by atoms with Gasteiger partial charge in [0.2, 0.25) is 0 Å². The summed E-state index contributed by atoms with van der Waals surface area (Å²) in [6.07, 6.45) is 5.77. The van der Waals surface area contributed by atoms with Crippen LogP contribution in [0.25, 0.3) is 0 Å². The third-order valence-corrected chi connectivity index (χ3v) is 3.78. The number of esters is 1. The highest BCUT2D eigenvalue weighted by molar-refractivity contribution is 5.80. The highest BCUT2D eigenvalue weighted by Crippen LogP contribution is 2.16. The predicted octanol–water partition coefficient (Wildman–Crippen LogP) is 1.79. The molecule has 0 saturated carbocycles. The predicted molar refractivity (Wildman–Crippen MR) is 73.6 cm³/mol. The van der Waals surface area contributed by atoms with Gasteiger partial charge in [0, 0.05) is 6.54 Å². The fraction of sp³-hybridized carbons (Fsp3) is 0.929. The number of hydrogen-bond donors (Lipinski definition) is 1. The molecule has 0 aromatic rings. The van der Waals surface area contributed by atoms with Crippen LogP contribution < -0.4 is 5.32 Å². The van der Waals surface area contributed by atoms with Crippen LogP contribution >= 0.6 is 0 Å². The summed E-state index contributed by atoms with van der Waals surface area (Å²) in [6.45, 7) is 8.23. The van der Waals surface area contributed by atoms with Gasteiger partial charge < -0.3 is 15.0 Å². The Morgan fingerprint density at radius 1 is 1.33 bits per heavy atom. The second-order valence-corrected chi connectivity index (χ2v) is 5.40. The lowest BCUT2D eigenvalue weighted by molar-refractivity contribution is -0.148. The van der Waals surface area contributed by atoms with E-state index in [0.717, 1.165) is 25.9 Å². The number of ether oxygens (including phenoxy) is 1. The highest BCUT2D eigenvalue weighted by atomic mass is 16.5. The quantitative estimate of drug-likeness (QED) is 0.705. The smallest absolute Gasteiger partial charge is 0.325 e. The molecule has 0 aromatic heterocycles. The van der Waals surface area contributed by atoms with Crippen LogP contribution in [0.5, 0.6) is 0 Å². The number of nitrogens with zero attached hydrogens (tertiary/aromatic N) is 1. The topological polar surface area (TPSA) is 41.6 Å². The lowest BCUT2D eigenvalue weighted by atomic mass is 9.96. The molecule has 0 amide bonds. The van der Waals surface area contributed by atoms with Gasteiger partial charge in [-0.3, -0.25) is 4.79 Å². The van der Waals surface area contributed by atoms with Crippen molar-refractivity contribution in [1.82, 2.24) is 10.2 Å². The molecule has 1 aliphatic rings. The Morgan fingerprint density at radius 3 is 2.56 bits per heavy atom. The number of likely N-dealkylation sites (tertiary alicyclic amines) is 1. The first kappa shape index (κ1) is 15.4. The first-order valence-electron chi connectivity index (χ1n) is 7.18. The summed E-state index contributed by atoms with van der Waals surface area (Å²) >= 11 is 0. The van der Waals surface area contributed by atoms with Crippen molar-refractivity contribution in [2.75, 3.05) is 33.3 Å². The maximum absolute atomic E-state index is 11.9. The third kappa shape index (κ3) is 4.58. The minimum absolute atomic E-state index is 0.145. The number of methoxy groups -OCH3 is 1. The maximum atomic E-state index is 11.9. The second-order valence-electron chi connectivity index (χ2n) is 5.40. The third-order valence-electron chi connectivity index (χ3n) is 3.78. The number of carbonyl (C=O) groups is 1. The molecule has 18 heavy (non-hydrogen) atoms. The molecule has 1 N–H and O–H groups in total. The number of carbonyl (C=O) groups excluding carboxylic acids is 1. The van der Waals surface area contributed by atoms with Crippen LogP contribution in [-0.4, -0.2) is 49.7 Å². The van der Waals surface area contributed by atoms with Gasteiger partial charge in [0.15, 0.2) is 0 Å². The number of nitrogens with one attached hydrogen (secondary N) is 1. The SMILES string of the molecule is CCCNC(C)(CCN1CCCCC1)C(=O)OC. The lowest BCUT2D eigenvalue weighted by Crippen LogP contribution is -2.52. The van der Waals surface area contributed by atoms with E-state index in [2.05, 4.69) is 17.1 Å². The van der Waals surface area contributed by atoms with Crippen molar-refractivity contribution in [1.29, 1.82) is 0 Å². The van der Waals surface area contributed by atoms with Gasteiger partial charge in [-0.2, -0.15) is 0 Å². The van der Waals surface area contributed by atoms with E-state index < -0.39 is 5.54 Å². The standard InChI is InChI=1S/C14H28N2O2/c1-4-9-15-14(2,13(17)18-3)8-12-16-10-6-5-7-11-16/h15H,4-12H2,1-3H3. The van der Waals surface area contributed by atoms with Crippen LogP contribution in [-0.2, 0) is 9.53 Å². The average molecular weight is 256 g/mol. The van der Waals surface area contributed by atoms with E-state index >= 15 is 0 Å². The minimum atomic E-state index is -0.539. The van der Waals surface area contributed by atoms with Crippen molar-refractivity contribution < 1.29 is 9.53 Å². The van der Waals surface area contributed by atoms with Gasteiger partial charge in [-0.15, -0.1) is 0 Å². The number of piperidine rings is 1. The zero-order chi connectivity index (χ0) is 13.4. The van der Waals surface area contributed by atoms with E-state index in [9.17, 15) is 4.79 Å². The Hall–Kier alpha value is -0.610. The molecule has 4 nitrogen and oxygen atoms in total. The van der Waals surface area contributed by atoms with Gasteiger partial charge in [-0.25, -0.2) is 0 Å². The molecule has 1 aliphatic heterocycles. The van der Waals surface area contributed by atoms with Gasteiger partial charge >= 0.3 is 5.97 Å². The number of hydrogen-bond acceptors (Lipinski definition) is 4. The summed E-state index contributed by atoms with van der Waals surface area (Å²) in [5.74, 6) is -0.145. The monoisotopic (exact) mass is 256 g/mol. The molecule has 1 heterocycles. The van der Waals surface area contributed by atoms with Gasteiger partial charge in [-0.05, 0) is 52.2 Å². The summed E-state index contributed by atoms with van der Waals surface area (Å²) in [7, 11) is 1.47. The molecule has 1 fully saturated rings. The van der Waals surface area contributed by atoms with Crippen LogP contribution in [0.2, 0.25) is 0 Å². The van der Waals surface area contributed by atoms with E-state index in [1.807, 2.05) is 6.92 Å². The second kappa shape index (κ2) is 7.74. The molecular weight excluding hydrogens is 228 g/mol. The van der Waals surface area contributed by atoms with Crippen LogP contribution in [0.4, 0.5) is 0 Å². The van der Waals surface area contributed by atoms with E-state index in [4.69, 9.17) is 4.74 Å². The van der Waals surface area contributed by atoms with Gasteiger partial charge in [0.1, 0.15) is 5.54 Å². The molecule has 0 aliphatic carbocycles. The van der Waals surface area contributed by atoms with Crippen LogP contribution in [0, 0.1) is 0 Å². The van der Waals surface area contributed by atoms with Gasteiger partial charge in [0.25, 0.3) is 0 Å². The Morgan fingerprint density at radius 2 is 2.00 bits per heavy atom. The summed E-state index contributed by atoms with van der Waals surface area (Å²) in [5, 5.41) is 3.33. The largest absolute Gasteiger partial charge is 0.468 e. The Balaban J connectivity index is 2.46. The molecule has 1 saturated heterocycles. The molecule has 1 rings (SSSR count). The first-order valence-corrected chi connectivity index (χ1v) is 7.18. The van der Waals surface area contributed by atoms with E-state index in [0.29, 0.717) is 0 Å². The van der Waals surface area contributed by atoms with Gasteiger partial charge in [0.05, 0.1) is 7.11 Å². The zero-order valence-corrected chi connectivity index (χ0v) is 12.1. The van der Waals surface area contributed by atoms with Crippen LogP contribution in [0.1, 0.15) is 46.0 Å². The molecule has 1 unspecified atom stereocenters. The summed E-state index contributed by atoms with van der Waals surface area (Å²) in [4.78, 5) is 14.4. The van der Waals surface area contributed by atoms with E-state index in [-0.39, 0.29) is 5.97 Å². The normalized spacial score (nSPS) is 20.4. The molecule has 106 valence electrons. The Bertz CT molecular complexity index is 252. The van der Waals surface area contributed by atoms with Crippen LogP contribution in [0.15, 0.2) is 0 Å². The Labute approximate surface area is 111 Å². The molecule has 0 bridgehead atoms. The Kier molecular flexibility index (Phi) is 6.65. The fourth-order valence-corrected chi connectivity index (χ4v) is 2.45. The van der Waals surface area contributed by atoms with Crippen LogP contribution in [0.3, 0.4) is 0 Å². The zero-order valence-electron chi connectivity index (χ0n) is 12.1. The van der Waals surface area contributed by atoms with Crippen molar-refractivity contribution in [2.45, 2.75) is 51.5 Å². The molecule has 0 aromatic carbocycles. The molecular formula is C14H28N2O2. The fourth-order valence-electron chi connectivity index (χ4n) is 2.45. The van der Waals surface area contributed by atoms with Crippen molar-refractivity contribution in [3.8, 4) is 0 Å². The number of rotatable bonds is 7. The summed E-state index contributed by atoms with van der Waals surface area (Å²) in [6, 6.07) is 0. The molecule has 0 radical (unpaired) electrons. The van der Waals surface area contributed by atoms with Crippen molar-refractivity contribution in [3.63, 3.8) is 0 Å². The summed E-state index contributed by atoms with van der Waals surface area (Å²) < 4.78 is 4.93. The molecule has 1 atom stereocenters. The average Bonchev–Trinajstić information content (AvgIpc) is 2.43. The highest BCUT2D eigenvalue weighted by Gasteiger charge is 2.33. The summed E-state index contributed by atoms with van der Waals surface area (Å²) in [5.41, 5.74) is -0.539. The molecule has 4 heteroatoms. The lowest BCUT2D eigenvalue weighted by Gasteiger charge is -2.32.